The molecule has 0 saturated carbocycles. The summed E-state index contributed by atoms with van der Waals surface area (Å²) in [7, 11) is -2.24. The number of rotatable bonds is 2. The highest BCUT2D eigenvalue weighted by Crippen LogP contribution is 2.40. The van der Waals surface area contributed by atoms with Gasteiger partial charge in [-0.1, -0.05) is 46.0 Å². The Morgan fingerprint density at radius 1 is 1.08 bits per heavy atom. The van der Waals surface area contributed by atoms with Gasteiger partial charge in [0.05, 0.1) is 12.0 Å². The lowest BCUT2D eigenvalue weighted by molar-refractivity contribution is -0.0508. The van der Waals surface area contributed by atoms with Crippen LogP contribution >= 0.6 is 0 Å². The van der Waals surface area contributed by atoms with Crippen molar-refractivity contribution in [2.24, 2.45) is 0 Å². The first kappa shape index (κ1) is 20.9. The van der Waals surface area contributed by atoms with Gasteiger partial charge in [0.2, 0.25) is 0 Å². The first-order valence-corrected chi connectivity index (χ1v) is 10.4. The second-order valence-electron chi connectivity index (χ2n) is 8.89. The Morgan fingerprint density at radius 2 is 1.58 bits per heavy atom. The zero-order valence-corrected chi connectivity index (χ0v) is 17.7. The molecule has 1 aromatic carbocycles. The molecule has 1 aliphatic rings. The van der Waals surface area contributed by atoms with Crippen LogP contribution in [0.4, 0.5) is 0 Å². The van der Waals surface area contributed by atoms with Crippen LogP contribution in [0, 0.1) is 0 Å². The number of phenolic OH excluding ortho intramolecular Hbond substituents is 1. The lowest BCUT2D eigenvalue weighted by Gasteiger charge is -2.28. The smallest absolute Gasteiger partial charge is 0.261 e. The van der Waals surface area contributed by atoms with Crippen LogP contribution in [0.15, 0.2) is 17.0 Å². The zero-order valence-electron chi connectivity index (χ0n) is 16.9. The molecule has 0 unspecified atom stereocenters. The molecule has 0 radical (unpaired) electrons. The topological polar surface area (TPSA) is 66.8 Å². The third kappa shape index (κ3) is 4.13. The van der Waals surface area contributed by atoms with Crippen LogP contribution in [-0.4, -0.2) is 31.6 Å². The fourth-order valence-corrected chi connectivity index (χ4v) is 4.68. The Balaban J connectivity index is 2.67. The highest BCUT2D eigenvalue weighted by atomic mass is 32.2. The van der Waals surface area contributed by atoms with Gasteiger partial charge in [-0.05, 0) is 47.4 Å². The third-order valence-electron chi connectivity index (χ3n) is 4.64. The molecule has 1 heterocycles. The molecule has 1 N–H and O–H groups in total. The van der Waals surface area contributed by atoms with Gasteiger partial charge in [-0.2, -0.15) is 0 Å². The van der Waals surface area contributed by atoms with Crippen molar-refractivity contribution >= 4 is 16.1 Å². The number of aromatic hydroxyl groups is 1. The maximum atomic E-state index is 12.7. The SMILES string of the molecule is CON1CCCC(=Cc2cc(C(C)(C)C)c(O)c(C(C)(C)C)c2)S1(=O)=O. The molecule has 0 amide bonds. The van der Waals surface area contributed by atoms with E-state index in [4.69, 9.17) is 4.84 Å². The Labute approximate surface area is 157 Å². The van der Waals surface area contributed by atoms with Crippen molar-refractivity contribution in [3.63, 3.8) is 0 Å². The van der Waals surface area contributed by atoms with E-state index in [0.717, 1.165) is 27.6 Å². The maximum Gasteiger partial charge on any atom is 0.261 e. The Morgan fingerprint density at radius 3 is 2.00 bits per heavy atom. The van der Waals surface area contributed by atoms with Crippen LogP contribution in [0.25, 0.3) is 6.08 Å². The largest absolute Gasteiger partial charge is 0.507 e. The minimum atomic E-state index is -3.61. The van der Waals surface area contributed by atoms with Crippen LogP contribution in [0.3, 0.4) is 0 Å². The van der Waals surface area contributed by atoms with Crippen molar-refractivity contribution in [1.82, 2.24) is 4.47 Å². The molecule has 1 fully saturated rings. The van der Waals surface area contributed by atoms with Crippen LogP contribution in [-0.2, 0) is 25.7 Å². The predicted octanol–water partition coefficient (Wildman–Crippen LogP) is 4.32. The molecule has 0 atom stereocenters. The molecular formula is C20H31NO4S. The van der Waals surface area contributed by atoms with E-state index < -0.39 is 10.0 Å². The first-order chi connectivity index (χ1) is 11.8. The highest BCUT2D eigenvalue weighted by Gasteiger charge is 2.32. The molecule has 2 rings (SSSR count). The summed E-state index contributed by atoms with van der Waals surface area (Å²) < 4.78 is 26.4. The van der Waals surface area contributed by atoms with Gasteiger partial charge in [-0.25, -0.2) is 8.42 Å². The van der Waals surface area contributed by atoms with E-state index in [1.807, 2.05) is 53.7 Å². The van der Waals surface area contributed by atoms with Gasteiger partial charge in [-0.3, -0.25) is 4.84 Å². The standard InChI is InChI=1S/C20H31NO4S/c1-19(2,3)16-12-14(13-17(18(16)22)20(4,5)6)11-15-9-8-10-21(25-7)26(15,23)24/h11-13,22H,8-10H2,1-7H3. The van der Waals surface area contributed by atoms with Crippen molar-refractivity contribution in [2.75, 3.05) is 13.7 Å². The van der Waals surface area contributed by atoms with E-state index in [2.05, 4.69) is 0 Å². The van der Waals surface area contributed by atoms with Crippen molar-refractivity contribution in [3.05, 3.63) is 33.7 Å². The normalized spacial score (nSPS) is 20.5. The number of hydrogen-bond donors (Lipinski definition) is 1. The molecule has 1 aliphatic heterocycles. The summed E-state index contributed by atoms with van der Waals surface area (Å²) in [5.41, 5.74) is 1.89. The molecule has 1 aromatic rings. The number of sulfonamides is 1. The van der Waals surface area contributed by atoms with Crippen LogP contribution in [0.2, 0.25) is 0 Å². The third-order valence-corrected chi connectivity index (χ3v) is 6.50. The van der Waals surface area contributed by atoms with Crippen molar-refractivity contribution < 1.29 is 18.4 Å². The fraction of sp³-hybridized carbons (Fsp3) is 0.600. The van der Waals surface area contributed by atoms with Crippen LogP contribution < -0.4 is 0 Å². The summed E-state index contributed by atoms with van der Waals surface area (Å²) in [4.78, 5) is 5.36. The van der Waals surface area contributed by atoms with E-state index in [1.54, 1.807) is 6.08 Å². The molecular weight excluding hydrogens is 350 g/mol. The minimum Gasteiger partial charge on any atom is -0.507 e. The monoisotopic (exact) mass is 381 g/mol. The van der Waals surface area contributed by atoms with Crippen LogP contribution in [0.1, 0.15) is 71.1 Å². The Bertz CT molecular complexity index is 776. The van der Waals surface area contributed by atoms with Gasteiger partial charge in [0.1, 0.15) is 5.75 Å². The van der Waals surface area contributed by atoms with E-state index >= 15 is 0 Å². The summed E-state index contributed by atoms with van der Waals surface area (Å²) in [6.07, 6.45) is 2.92. The fourth-order valence-electron chi connectivity index (χ4n) is 3.17. The second-order valence-corrected chi connectivity index (χ2v) is 10.8. The average molecular weight is 382 g/mol. The first-order valence-electron chi connectivity index (χ1n) is 8.94. The molecule has 0 aliphatic carbocycles. The van der Waals surface area contributed by atoms with Crippen molar-refractivity contribution in [1.29, 1.82) is 0 Å². The number of phenols is 1. The lowest BCUT2D eigenvalue weighted by atomic mass is 9.78. The number of nitrogens with zero attached hydrogens (tertiary/aromatic N) is 1. The van der Waals surface area contributed by atoms with Crippen molar-refractivity contribution in [2.45, 2.75) is 65.2 Å². The number of hydrogen-bond acceptors (Lipinski definition) is 4. The minimum absolute atomic E-state index is 0.261. The number of hydroxylamine groups is 1. The molecule has 146 valence electrons. The van der Waals surface area contributed by atoms with Gasteiger partial charge in [-0.15, -0.1) is 0 Å². The maximum absolute atomic E-state index is 12.7. The molecule has 0 bridgehead atoms. The summed E-state index contributed by atoms with van der Waals surface area (Å²) in [6.45, 7) is 12.6. The molecule has 26 heavy (non-hydrogen) atoms. The number of allylic oxidation sites excluding steroid dienone is 1. The molecule has 1 saturated heterocycles. The van der Waals surface area contributed by atoms with E-state index in [0.29, 0.717) is 17.9 Å². The summed E-state index contributed by atoms with van der Waals surface area (Å²) in [5, 5.41) is 10.8. The van der Waals surface area contributed by atoms with Gasteiger partial charge >= 0.3 is 0 Å². The zero-order chi connectivity index (χ0) is 19.9. The molecule has 0 aromatic heterocycles. The summed E-state index contributed by atoms with van der Waals surface area (Å²) >= 11 is 0. The van der Waals surface area contributed by atoms with Gasteiger partial charge in [0, 0.05) is 17.7 Å². The molecule has 5 nitrogen and oxygen atoms in total. The predicted molar refractivity (Wildman–Crippen MR) is 105 cm³/mol. The van der Waals surface area contributed by atoms with E-state index in [-0.39, 0.29) is 16.6 Å². The Hall–Kier alpha value is -1.37. The Kier molecular flexibility index (Phi) is 5.62. The lowest BCUT2D eigenvalue weighted by Crippen LogP contribution is -2.35. The molecule has 6 heteroatoms. The van der Waals surface area contributed by atoms with Gasteiger partial charge in [0.25, 0.3) is 10.0 Å². The molecule has 0 spiro atoms. The summed E-state index contributed by atoms with van der Waals surface area (Å²) in [5.74, 6) is 0.289. The quantitative estimate of drug-likeness (QED) is 0.829. The second kappa shape index (κ2) is 6.98. The van der Waals surface area contributed by atoms with E-state index in [9.17, 15) is 13.5 Å². The van der Waals surface area contributed by atoms with Gasteiger partial charge < -0.3 is 5.11 Å². The van der Waals surface area contributed by atoms with Crippen LogP contribution in [0.5, 0.6) is 5.75 Å². The van der Waals surface area contributed by atoms with Crippen molar-refractivity contribution in [3.8, 4) is 5.75 Å². The average Bonchev–Trinajstić information content (AvgIpc) is 2.48. The van der Waals surface area contributed by atoms with Gasteiger partial charge in [0.15, 0.2) is 0 Å². The number of benzene rings is 1. The van der Waals surface area contributed by atoms with E-state index in [1.165, 1.54) is 7.11 Å². The summed E-state index contributed by atoms with van der Waals surface area (Å²) in [6, 6.07) is 3.78. The highest BCUT2D eigenvalue weighted by molar-refractivity contribution is 7.93.